The number of rotatable bonds is 8. The molecule has 12 nitrogen and oxygen atoms in total. The first-order chi connectivity index (χ1) is 21.1. The van der Waals surface area contributed by atoms with Crippen molar-refractivity contribution in [1.82, 2.24) is 40.6 Å². The van der Waals surface area contributed by atoms with Gasteiger partial charge in [-0.2, -0.15) is 5.26 Å². The molecule has 0 spiro atoms. The number of aromatic amines is 1. The second-order valence-corrected chi connectivity index (χ2v) is 12.2. The summed E-state index contributed by atoms with van der Waals surface area (Å²) in [6.45, 7) is 2.70. The SMILES string of the molecule is C[C@@H](CC1(c2nnn[nH]2)c2ccc(C(=O)N(C)C)cc2CCc2cc(C(=O)N(C)C)ccc21)NCC(=O)N1CCC[C@H]1C#N. The van der Waals surface area contributed by atoms with E-state index in [2.05, 4.69) is 32.0 Å². The number of hydrogen-bond acceptors (Lipinski definition) is 8. The van der Waals surface area contributed by atoms with Gasteiger partial charge in [-0.3, -0.25) is 14.4 Å². The minimum atomic E-state index is -0.887. The number of aromatic nitrogens is 4. The van der Waals surface area contributed by atoms with Gasteiger partial charge in [0.25, 0.3) is 11.8 Å². The first-order valence-electron chi connectivity index (χ1n) is 14.9. The molecule has 0 bridgehead atoms. The van der Waals surface area contributed by atoms with E-state index >= 15 is 0 Å². The summed E-state index contributed by atoms with van der Waals surface area (Å²) >= 11 is 0. The van der Waals surface area contributed by atoms with E-state index in [1.54, 1.807) is 42.9 Å². The molecule has 230 valence electrons. The Hall–Kier alpha value is -4.63. The van der Waals surface area contributed by atoms with Crippen molar-refractivity contribution in [2.75, 3.05) is 41.3 Å². The van der Waals surface area contributed by atoms with Crippen LogP contribution in [0.5, 0.6) is 0 Å². The number of H-pyrrole nitrogens is 1. The van der Waals surface area contributed by atoms with Crippen LogP contribution in [0.4, 0.5) is 0 Å². The number of carbonyl (C=O) groups is 3. The highest BCUT2D eigenvalue weighted by Crippen LogP contribution is 2.47. The van der Waals surface area contributed by atoms with Crippen molar-refractivity contribution in [3.63, 3.8) is 0 Å². The van der Waals surface area contributed by atoms with Gasteiger partial charge in [0.15, 0.2) is 5.82 Å². The molecule has 0 saturated carbocycles. The number of aryl methyl sites for hydroxylation is 2. The topological polar surface area (TPSA) is 151 Å². The van der Waals surface area contributed by atoms with E-state index in [9.17, 15) is 19.6 Å². The predicted octanol–water partition coefficient (Wildman–Crippen LogP) is 1.92. The van der Waals surface area contributed by atoms with Crippen LogP contribution in [0.25, 0.3) is 0 Å². The van der Waals surface area contributed by atoms with Crippen molar-refractivity contribution in [1.29, 1.82) is 5.26 Å². The fraction of sp³-hybridized carbons (Fsp3) is 0.469. The Bertz CT molecular complexity index is 1520. The summed E-state index contributed by atoms with van der Waals surface area (Å²) < 4.78 is 0. The van der Waals surface area contributed by atoms with Crippen LogP contribution in [0.2, 0.25) is 0 Å². The molecule has 1 aromatic heterocycles. The molecule has 2 aliphatic rings. The highest BCUT2D eigenvalue weighted by Gasteiger charge is 2.45. The molecule has 0 unspecified atom stereocenters. The van der Waals surface area contributed by atoms with Gasteiger partial charge in [-0.15, -0.1) is 5.10 Å². The van der Waals surface area contributed by atoms with E-state index in [1.807, 2.05) is 43.3 Å². The smallest absolute Gasteiger partial charge is 0.253 e. The Morgan fingerprint density at radius 3 is 2.14 bits per heavy atom. The molecule has 2 heterocycles. The van der Waals surface area contributed by atoms with Crippen molar-refractivity contribution < 1.29 is 14.4 Å². The number of likely N-dealkylation sites (tertiary alicyclic amines) is 1. The number of benzene rings is 2. The van der Waals surface area contributed by atoms with Crippen molar-refractivity contribution in [3.05, 3.63) is 75.6 Å². The van der Waals surface area contributed by atoms with E-state index in [0.717, 1.165) is 28.7 Å². The highest BCUT2D eigenvalue weighted by molar-refractivity contribution is 5.95. The van der Waals surface area contributed by atoms with E-state index < -0.39 is 5.41 Å². The van der Waals surface area contributed by atoms with Crippen LogP contribution in [0.15, 0.2) is 36.4 Å². The van der Waals surface area contributed by atoms with Gasteiger partial charge in [0.2, 0.25) is 5.91 Å². The fourth-order valence-corrected chi connectivity index (χ4v) is 6.64. The number of fused-ring (bicyclic) bond motifs is 2. The molecule has 1 fully saturated rings. The summed E-state index contributed by atoms with van der Waals surface area (Å²) in [6, 6.07) is 13.2. The van der Waals surface area contributed by atoms with Crippen LogP contribution in [-0.4, -0.2) is 106 Å². The Kier molecular flexibility index (Phi) is 8.78. The lowest BCUT2D eigenvalue weighted by Crippen LogP contribution is -2.45. The maximum absolute atomic E-state index is 13.1. The third-order valence-electron chi connectivity index (χ3n) is 8.79. The number of amides is 3. The molecule has 2 atom stereocenters. The van der Waals surface area contributed by atoms with Gasteiger partial charge in [-0.05, 0) is 96.0 Å². The van der Waals surface area contributed by atoms with Crippen LogP contribution >= 0.6 is 0 Å². The van der Waals surface area contributed by atoms with E-state index in [1.165, 1.54) is 0 Å². The first-order valence-corrected chi connectivity index (χ1v) is 14.9. The average Bonchev–Trinajstić information content (AvgIpc) is 3.71. The molecular formula is C32H39N9O3. The van der Waals surface area contributed by atoms with Gasteiger partial charge >= 0.3 is 0 Å². The zero-order valence-electron chi connectivity index (χ0n) is 25.9. The summed E-state index contributed by atoms with van der Waals surface area (Å²) in [6.07, 6.45) is 3.28. The van der Waals surface area contributed by atoms with E-state index in [-0.39, 0.29) is 36.3 Å². The molecule has 3 amide bonds. The van der Waals surface area contributed by atoms with Crippen molar-refractivity contribution in [2.24, 2.45) is 0 Å². The fourth-order valence-electron chi connectivity index (χ4n) is 6.64. The summed E-state index contributed by atoms with van der Waals surface area (Å²) in [4.78, 5) is 43.8. The Morgan fingerprint density at radius 1 is 1.05 bits per heavy atom. The van der Waals surface area contributed by atoms with Crippen LogP contribution in [-0.2, 0) is 23.1 Å². The maximum Gasteiger partial charge on any atom is 0.253 e. The summed E-state index contributed by atoms with van der Waals surface area (Å²) in [5.74, 6) is 0.249. The third kappa shape index (κ3) is 5.67. The number of tetrazole rings is 1. The number of nitriles is 1. The van der Waals surface area contributed by atoms with Crippen molar-refractivity contribution >= 4 is 17.7 Å². The van der Waals surface area contributed by atoms with Crippen LogP contribution < -0.4 is 5.32 Å². The molecule has 3 aromatic rings. The Balaban J connectivity index is 1.60. The maximum atomic E-state index is 13.1. The van der Waals surface area contributed by atoms with Gasteiger partial charge in [0, 0.05) is 51.9 Å². The minimum absolute atomic E-state index is 0.0912. The Labute approximate surface area is 257 Å². The monoisotopic (exact) mass is 597 g/mol. The largest absolute Gasteiger partial charge is 0.345 e. The number of carbonyl (C=O) groups excluding carboxylic acids is 3. The second kappa shape index (κ2) is 12.5. The summed E-state index contributed by atoms with van der Waals surface area (Å²) in [7, 11) is 6.92. The molecule has 5 rings (SSSR count). The van der Waals surface area contributed by atoms with Gasteiger partial charge in [-0.25, -0.2) is 5.10 Å². The molecule has 2 N–H and O–H groups in total. The van der Waals surface area contributed by atoms with Gasteiger partial charge in [0.05, 0.1) is 18.0 Å². The number of hydrogen-bond donors (Lipinski definition) is 2. The van der Waals surface area contributed by atoms with Crippen LogP contribution in [0.3, 0.4) is 0 Å². The zero-order valence-corrected chi connectivity index (χ0v) is 25.9. The van der Waals surface area contributed by atoms with Crippen molar-refractivity contribution in [3.8, 4) is 6.07 Å². The molecule has 44 heavy (non-hydrogen) atoms. The number of nitrogens with zero attached hydrogens (tertiary/aromatic N) is 7. The van der Waals surface area contributed by atoms with Crippen LogP contribution in [0, 0.1) is 11.3 Å². The highest BCUT2D eigenvalue weighted by atomic mass is 16.2. The molecule has 0 radical (unpaired) electrons. The summed E-state index contributed by atoms with van der Waals surface area (Å²) in [5.41, 5.74) is 4.18. The van der Waals surface area contributed by atoms with Gasteiger partial charge in [-0.1, -0.05) is 12.1 Å². The second-order valence-electron chi connectivity index (χ2n) is 12.2. The average molecular weight is 598 g/mol. The standard InChI is InChI=1S/C32H39N9O3/c1-20(34-19-28(42)41-14-6-7-25(41)18-33)17-32(31-35-37-38-36-31)26-12-10-23(29(43)39(2)3)15-21(26)8-9-22-16-24(11-13-27(22)32)30(44)40(4)5/h10-13,15-16,20,25,34H,6-9,14,17,19H2,1-5H3,(H,35,36,37,38)/t20-,25-/m0/s1. The van der Waals surface area contributed by atoms with E-state index in [4.69, 9.17) is 0 Å². The van der Waals surface area contributed by atoms with E-state index in [0.29, 0.717) is 49.2 Å². The van der Waals surface area contributed by atoms with Gasteiger partial charge < -0.3 is 20.0 Å². The lowest BCUT2D eigenvalue weighted by atomic mass is 9.67. The normalized spacial score (nSPS) is 17.5. The number of nitrogens with one attached hydrogen (secondary N) is 2. The minimum Gasteiger partial charge on any atom is -0.345 e. The summed E-state index contributed by atoms with van der Waals surface area (Å²) in [5, 5.41) is 28.3. The lowest BCUT2D eigenvalue weighted by Gasteiger charge is -2.37. The quantitative estimate of drug-likeness (QED) is 0.400. The predicted molar refractivity (Wildman–Crippen MR) is 163 cm³/mol. The van der Waals surface area contributed by atoms with Gasteiger partial charge in [0.1, 0.15) is 6.04 Å². The Morgan fingerprint density at radius 2 is 1.64 bits per heavy atom. The molecule has 1 aliphatic heterocycles. The first kappa shape index (κ1) is 30.8. The lowest BCUT2D eigenvalue weighted by molar-refractivity contribution is -0.130. The van der Waals surface area contributed by atoms with Crippen molar-refractivity contribution in [2.45, 2.75) is 56.5 Å². The third-order valence-corrected chi connectivity index (χ3v) is 8.79. The molecule has 12 heteroatoms. The van der Waals surface area contributed by atoms with Crippen LogP contribution in [0.1, 0.15) is 75.0 Å². The molecule has 2 aromatic carbocycles. The molecule has 1 saturated heterocycles. The molecule has 1 aliphatic carbocycles. The molecular weight excluding hydrogens is 558 g/mol. The zero-order chi connectivity index (χ0) is 31.6.